The monoisotopic (exact) mass is 278 g/mol. The molecular formula is C18H18N2O. The predicted octanol–water partition coefficient (Wildman–Crippen LogP) is 3.61. The summed E-state index contributed by atoms with van der Waals surface area (Å²) in [7, 11) is 1.96. The fourth-order valence-corrected chi connectivity index (χ4v) is 2.61. The Kier molecular flexibility index (Phi) is 3.05. The highest BCUT2D eigenvalue weighted by Gasteiger charge is 2.16. The molecule has 2 aromatic carbocycles. The van der Waals surface area contributed by atoms with E-state index in [4.69, 9.17) is 5.73 Å². The molecule has 0 fully saturated rings. The van der Waals surface area contributed by atoms with Gasteiger partial charge in [-0.3, -0.25) is 4.79 Å². The molecule has 0 aliphatic heterocycles. The fourth-order valence-electron chi connectivity index (χ4n) is 2.61. The van der Waals surface area contributed by atoms with Crippen LogP contribution in [-0.4, -0.2) is 10.4 Å². The summed E-state index contributed by atoms with van der Waals surface area (Å²) in [5, 5.41) is 0.979. The van der Waals surface area contributed by atoms with Crippen LogP contribution in [-0.2, 0) is 7.05 Å². The highest BCUT2D eigenvalue weighted by atomic mass is 16.1. The van der Waals surface area contributed by atoms with Gasteiger partial charge in [-0.25, -0.2) is 0 Å². The van der Waals surface area contributed by atoms with E-state index in [1.165, 1.54) is 5.56 Å². The Morgan fingerprint density at radius 3 is 2.57 bits per heavy atom. The highest BCUT2D eigenvalue weighted by molar-refractivity contribution is 6.16. The van der Waals surface area contributed by atoms with Crippen LogP contribution >= 0.6 is 0 Å². The first-order chi connectivity index (χ1) is 9.97. The number of benzene rings is 2. The van der Waals surface area contributed by atoms with Crippen molar-refractivity contribution in [1.82, 2.24) is 4.57 Å². The minimum absolute atomic E-state index is 0.0103. The minimum atomic E-state index is 0.0103. The van der Waals surface area contributed by atoms with Gasteiger partial charge in [-0.1, -0.05) is 24.3 Å². The second kappa shape index (κ2) is 4.77. The number of carbonyl (C=O) groups is 1. The Balaban J connectivity index is 2.15. The molecular weight excluding hydrogens is 260 g/mol. The van der Waals surface area contributed by atoms with Gasteiger partial charge in [-0.15, -0.1) is 0 Å². The van der Waals surface area contributed by atoms with Crippen LogP contribution in [0.4, 0.5) is 5.69 Å². The van der Waals surface area contributed by atoms with E-state index in [2.05, 4.69) is 13.0 Å². The Morgan fingerprint density at radius 1 is 1.10 bits per heavy atom. The van der Waals surface area contributed by atoms with E-state index in [9.17, 15) is 4.79 Å². The number of hydrogen-bond acceptors (Lipinski definition) is 2. The maximum atomic E-state index is 12.8. The largest absolute Gasteiger partial charge is 0.398 e. The van der Waals surface area contributed by atoms with E-state index in [0.29, 0.717) is 11.3 Å². The number of nitrogens with two attached hydrogens (primary N) is 1. The molecule has 2 N–H and O–H groups in total. The van der Waals surface area contributed by atoms with Crippen molar-refractivity contribution in [3.8, 4) is 0 Å². The van der Waals surface area contributed by atoms with E-state index in [1.807, 2.05) is 49.0 Å². The molecule has 21 heavy (non-hydrogen) atoms. The molecule has 3 heteroatoms. The van der Waals surface area contributed by atoms with Crippen LogP contribution < -0.4 is 5.73 Å². The van der Waals surface area contributed by atoms with Crippen molar-refractivity contribution in [3.05, 3.63) is 64.8 Å². The van der Waals surface area contributed by atoms with Crippen LogP contribution in [0.5, 0.6) is 0 Å². The molecule has 0 saturated heterocycles. The van der Waals surface area contributed by atoms with Crippen molar-refractivity contribution < 1.29 is 4.79 Å². The molecule has 3 aromatic rings. The lowest BCUT2D eigenvalue weighted by molar-refractivity contribution is 0.104. The summed E-state index contributed by atoms with van der Waals surface area (Å²) in [5.41, 5.74) is 11.2. The Bertz CT molecular complexity index is 859. The average Bonchev–Trinajstić information content (AvgIpc) is 2.78. The number of nitrogen functional groups attached to an aromatic ring is 1. The molecule has 0 saturated carbocycles. The summed E-state index contributed by atoms with van der Waals surface area (Å²) >= 11 is 0. The van der Waals surface area contributed by atoms with Gasteiger partial charge >= 0.3 is 0 Å². The summed E-state index contributed by atoms with van der Waals surface area (Å²) in [6, 6.07) is 11.6. The second-order valence-corrected chi connectivity index (χ2v) is 5.57. The van der Waals surface area contributed by atoms with Crippen LogP contribution in [0.1, 0.15) is 27.0 Å². The third-order valence-electron chi connectivity index (χ3n) is 3.93. The number of aromatic nitrogens is 1. The summed E-state index contributed by atoms with van der Waals surface area (Å²) in [4.78, 5) is 12.8. The maximum absolute atomic E-state index is 12.8. The molecule has 0 spiro atoms. The van der Waals surface area contributed by atoms with Gasteiger partial charge < -0.3 is 10.3 Å². The van der Waals surface area contributed by atoms with Gasteiger partial charge in [-0.2, -0.15) is 0 Å². The molecule has 0 aliphatic rings. The molecule has 0 radical (unpaired) electrons. The predicted molar refractivity (Wildman–Crippen MR) is 86.7 cm³/mol. The van der Waals surface area contributed by atoms with Crippen molar-refractivity contribution in [2.24, 2.45) is 7.05 Å². The van der Waals surface area contributed by atoms with Crippen molar-refractivity contribution in [3.63, 3.8) is 0 Å². The van der Waals surface area contributed by atoms with Crippen LogP contribution in [0.3, 0.4) is 0 Å². The smallest absolute Gasteiger partial charge is 0.195 e. The van der Waals surface area contributed by atoms with Gasteiger partial charge in [0.25, 0.3) is 0 Å². The topological polar surface area (TPSA) is 48.0 Å². The fraction of sp³-hybridized carbons (Fsp3) is 0.167. The first-order valence-electron chi connectivity index (χ1n) is 6.94. The van der Waals surface area contributed by atoms with Crippen molar-refractivity contribution >= 4 is 22.4 Å². The lowest BCUT2D eigenvalue weighted by atomic mass is 10.0. The van der Waals surface area contributed by atoms with Gasteiger partial charge in [0, 0.05) is 41.0 Å². The molecule has 1 heterocycles. The number of ketones is 1. The quantitative estimate of drug-likeness (QED) is 0.575. The Labute approximate surface area is 124 Å². The molecule has 1 aromatic heterocycles. The summed E-state index contributed by atoms with van der Waals surface area (Å²) in [5.74, 6) is 0.0103. The number of rotatable bonds is 2. The Morgan fingerprint density at radius 2 is 1.86 bits per heavy atom. The molecule has 0 bridgehead atoms. The molecule has 3 rings (SSSR count). The zero-order chi connectivity index (χ0) is 15.1. The van der Waals surface area contributed by atoms with Crippen LogP contribution in [0.2, 0.25) is 0 Å². The number of fused-ring (bicyclic) bond motifs is 1. The first-order valence-corrected chi connectivity index (χ1v) is 6.94. The van der Waals surface area contributed by atoms with Gasteiger partial charge in [0.2, 0.25) is 0 Å². The van der Waals surface area contributed by atoms with Gasteiger partial charge in [0.15, 0.2) is 5.78 Å². The molecule has 0 atom stereocenters. The van der Waals surface area contributed by atoms with E-state index in [-0.39, 0.29) is 5.78 Å². The lowest BCUT2D eigenvalue weighted by Gasteiger charge is -2.04. The highest BCUT2D eigenvalue weighted by Crippen LogP contribution is 2.25. The van der Waals surface area contributed by atoms with E-state index < -0.39 is 0 Å². The van der Waals surface area contributed by atoms with Crippen LogP contribution in [0.25, 0.3) is 10.9 Å². The number of aryl methyl sites for hydroxylation is 3. The van der Waals surface area contributed by atoms with Gasteiger partial charge in [0.1, 0.15) is 0 Å². The summed E-state index contributed by atoms with van der Waals surface area (Å²) in [6.45, 7) is 3.99. The number of anilines is 1. The second-order valence-electron chi connectivity index (χ2n) is 5.57. The number of nitrogens with zero attached hydrogens (tertiary/aromatic N) is 1. The molecule has 0 unspecified atom stereocenters. The normalized spacial score (nSPS) is 11.0. The SMILES string of the molecule is Cc1ccc2c(C(=O)c3ccc(C)c(N)c3)cn(C)c2c1. The molecule has 0 aliphatic carbocycles. The van der Waals surface area contributed by atoms with Crippen LogP contribution in [0.15, 0.2) is 42.6 Å². The van der Waals surface area contributed by atoms with Crippen LogP contribution in [0, 0.1) is 13.8 Å². The molecule has 106 valence electrons. The van der Waals surface area contributed by atoms with E-state index in [1.54, 1.807) is 6.07 Å². The van der Waals surface area contributed by atoms with Gasteiger partial charge in [-0.05, 0) is 37.1 Å². The zero-order valence-corrected chi connectivity index (χ0v) is 12.5. The summed E-state index contributed by atoms with van der Waals surface area (Å²) < 4.78 is 1.99. The lowest BCUT2D eigenvalue weighted by Crippen LogP contribution is -2.02. The zero-order valence-electron chi connectivity index (χ0n) is 12.5. The van der Waals surface area contributed by atoms with E-state index >= 15 is 0 Å². The molecule has 0 amide bonds. The standard InChI is InChI=1S/C18H18N2O/c1-11-4-7-14-15(10-20(3)17(14)8-11)18(21)13-6-5-12(2)16(19)9-13/h4-10H,19H2,1-3H3. The minimum Gasteiger partial charge on any atom is -0.398 e. The van der Waals surface area contributed by atoms with Gasteiger partial charge in [0.05, 0.1) is 0 Å². The first kappa shape index (κ1) is 13.4. The Hall–Kier alpha value is -2.55. The molecule has 3 nitrogen and oxygen atoms in total. The third-order valence-corrected chi connectivity index (χ3v) is 3.93. The number of hydrogen-bond donors (Lipinski definition) is 1. The number of carbonyl (C=O) groups excluding carboxylic acids is 1. The summed E-state index contributed by atoms with van der Waals surface area (Å²) in [6.07, 6.45) is 1.89. The third kappa shape index (κ3) is 2.21. The van der Waals surface area contributed by atoms with Crippen molar-refractivity contribution in [1.29, 1.82) is 0 Å². The van der Waals surface area contributed by atoms with Crippen molar-refractivity contribution in [2.45, 2.75) is 13.8 Å². The van der Waals surface area contributed by atoms with Crippen molar-refractivity contribution in [2.75, 3.05) is 5.73 Å². The maximum Gasteiger partial charge on any atom is 0.195 e. The average molecular weight is 278 g/mol. The van der Waals surface area contributed by atoms with E-state index in [0.717, 1.165) is 22.0 Å².